The quantitative estimate of drug-likeness (QED) is 0.757. The Kier molecular flexibility index (Phi) is 3.79. The Labute approximate surface area is 139 Å². The first-order valence-electron chi connectivity index (χ1n) is 7.74. The fraction of sp³-hybridized carbons (Fsp3) is 0.222. The van der Waals surface area contributed by atoms with Gasteiger partial charge in [0.1, 0.15) is 5.84 Å². The summed E-state index contributed by atoms with van der Waals surface area (Å²) in [5, 5.41) is 0. The lowest BCUT2D eigenvalue weighted by atomic mass is 10.1. The summed E-state index contributed by atoms with van der Waals surface area (Å²) in [6.07, 6.45) is 0.936. The molecule has 5 heteroatoms. The lowest BCUT2D eigenvalue weighted by Gasteiger charge is -2.34. The van der Waals surface area contributed by atoms with Gasteiger partial charge in [-0.2, -0.15) is 0 Å². The van der Waals surface area contributed by atoms with Crippen LogP contribution in [0.1, 0.15) is 5.56 Å². The maximum Gasteiger partial charge on any atom is 0.209 e. The monoisotopic (exact) mass is 323 g/mol. The summed E-state index contributed by atoms with van der Waals surface area (Å²) in [6.45, 7) is 3.14. The third kappa shape index (κ3) is 2.72. The van der Waals surface area contributed by atoms with Gasteiger partial charge in [-0.1, -0.05) is 42.1 Å². The van der Waals surface area contributed by atoms with Gasteiger partial charge in [0.15, 0.2) is 0 Å². The standard InChI is InChI=1S/C18H17N3OS/c22-13-20-9-11-21(12-10-20)18-14-5-1-3-7-16(14)23-17-8-4-2-6-15(17)19-18/h1-8,13H,9-12H2. The summed E-state index contributed by atoms with van der Waals surface area (Å²) < 4.78 is 0. The first kappa shape index (κ1) is 14.3. The summed E-state index contributed by atoms with van der Waals surface area (Å²) in [6, 6.07) is 16.7. The summed E-state index contributed by atoms with van der Waals surface area (Å²) in [4.78, 5) is 22.4. The molecule has 23 heavy (non-hydrogen) atoms. The smallest absolute Gasteiger partial charge is 0.209 e. The van der Waals surface area contributed by atoms with Crippen molar-refractivity contribution in [2.24, 2.45) is 4.99 Å². The number of nitrogens with zero attached hydrogens (tertiary/aromatic N) is 3. The fourth-order valence-corrected chi connectivity index (χ4v) is 3.97. The number of piperazine rings is 1. The maximum absolute atomic E-state index is 10.9. The lowest BCUT2D eigenvalue weighted by molar-refractivity contribution is -0.119. The largest absolute Gasteiger partial charge is 0.353 e. The number of fused-ring (bicyclic) bond motifs is 2. The van der Waals surface area contributed by atoms with Gasteiger partial charge in [-0.15, -0.1) is 0 Å². The molecule has 2 aromatic rings. The van der Waals surface area contributed by atoms with Crippen molar-refractivity contribution in [2.75, 3.05) is 26.2 Å². The molecule has 0 aliphatic carbocycles. The zero-order valence-electron chi connectivity index (χ0n) is 12.7. The Balaban J connectivity index is 1.77. The van der Waals surface area contributed by atoms with Crippen molar-refractivity contribution in [3.05, 3.63) is 54.1 Å². The van der Waals surface area contributed by atoms with E-state index >= 15 is 0 Å². The van der Waals surface area contributed by atoms with Crippen molar-refractivity contribution in [3.63, 3.8) is 0 Å². The molecule has 2 aromatic carbocycles. The van der Waals surface area contributed by atoms with Crippen molar-refractivity contribution < 1.29 is 4.79 Å². The summed E-state index contributed by atoms with van der Waals surface area (Å²) >= 11 is 1.77. The Morgan fingerprint density at radius 2 is 1.61 bits per heavy atom. The molecule has 0 radical (unpaired) electrons. The van der Waals surface area contributed by atoms with E-state index in [1.165, 1.54) is 15.4 Å². The number of amidine groups is 1. The van der Waals surface area contributed by atoms with E-state index in [1.807, 2.05) is 11.0 Å². The second-order valence-corrected chi connectivity index (χ2v) is 6.71. The van der Waals surface area contributed by atoms with E-state index in [0.717, 1.165) is 44.1 Å². The number of hydrogen-bond acceptors (Lipinski definition) is 4. The molecular weight excluding hydrogens is 306 g/mol. The Morgan fingerprint density at radius 1 is 0.913 bits per heavy atom. The predicted octanol–water partition coefficient (Wildman–Crippen LogP) is 3.00. The molecule has 0 bridgehead atoms. The highest BCUT2D eigenvalue weighted by molar-refractivity contribution is 7.99. The molecule has 0 unspecified atom stereocenters. The van der Waals surface area contributed by atoms with Crippen LogP contribution in [0, 0.1) is 0 Å². The van der Waals surface area contributed by atoms with Gasteiger partial charge in [0, 0.05) is 41.5 Å². The van der Waals surface area contributed by atoms with Crippen molar-refractivity contribution in [1.29, 1.82) is 0 Å². The van der Waals surface area contributed by atoms with E-state index in [4.69, 9.17) is 4.99 Å². The van der Waals surface area contributed by atoms with Crippen molar-refractivity contribution in [3.8, 4) is 0 Å². The normalized spacial score (nSPS) is 17.0. The number of para-hydroxylation sites is 1. The molecule has 4 nitrogen and oxygen atoms in total. The molecule has 0 N–H and O–H groups in total. The average molecular weight is 323 g/mol. The van der Waals surface area contributed by atoms with Crippen molar-refractivity contribution >= 4 is 29.7 Å². The molecular formula is C18H17N3OS. The highest BCUT2D eigenvalue weighted by Crippen LogP contribution is 2.40. The zero-order valence-corrected chi connectivity index (χ0v) is 13.5. The van der Waals surface area contributed by atoms with E-state index < -0.39 is 0 Å². The van der Waals surface area contributed by atoms with Gasteiger partial charge in [-0.3, -0.25) is 4.79 Å². The third-order valence-electron chi connectivity index (χ3n) is 4.20. The Hall–Kier alpha value is -2.27. The molecule has 1 amide bonds. The Bertz CT molecular complexity index is 766. The van der Waals surface area contributed by atoms with Gasteiger partial charge in [0.25, 0.3) is 0 Å². The minimum Gasteiger partial charge on any atom is -0.353 e. The summed E-state index contributed by atoms with van der Waals surface area (Å²) in [5.74, 6) is 1.02. The lowest BCUT2D eigenvalue weighted by Crippen LogP contribution is -2.48. The van der Waals surface area contributed by atoms with E-state index in [9.17, 15) is 4.79 Å². The summed E-state index contributed by atoms with van der Waals surface area (Å²) in [5.41, 5.74) is 2.19. The van der Waals surface area contributed by atoms with E-state index in [1.54, 1.807) is 11.8 Å². The molecule has 116 valence electrons. The average Bonchev–Trinajstić information content (AvgIpc) is 2.78. The summed E-state index contributed by atoms with van der Waals surface area (Å²) in [7, 11) is 0. The van der Waals surface area contributed by atoms with Crippen LogP contribution in [-0.4, -0.2) is 48.2 Å². The van der Waals surface area contributed by atoms with Gasteiger partial charge in [0.2, 0.25) is 6.41 Å². The minimum atomic E-state index is 0.749. The van der Waals surface area contributed by atoms with Crippen LogP contribution in [-0.2, 0) is 4.79 Å². The van der Waals surface area contributed by atoms with Crippen LogP contribution in [0.4, 0.5) is 5.69 Å². The van der Waals surface area contributed by atoms with Crippen LogP contribution in [0.15, 0.2) is 63.3 Å². The molecule has 2 heterocycles. The molecule has 2 aliphatic heterocycles. The molecule has 0 aromatic heterocycles. The van der Waals surface area contributed by atoms with Gasteiger partial charge < -0.3 is 9.80 Å². The van der Waals surface area contributed by atoms with Crippen LogP contribution in [0.25, 0.3) is 0 Å². The predicted molar refractivity (Wildman–Crippen MR) is 92.4 cm³/mol. The van der Waals surface area contributed by atoms with Crippen LogP contribution >= 0.6 is 11.8 Å². The van der Waals surface area contributed by atoms with Gasteiger partial charge in [0.05, 0.1) is 5.69 Å². The first-order valence-corrected chi connectivity index (χ1v) is 8.56. The second-order valence-electron chi connectivity index (χ2n) is 5.63. The Morgan fingerprint density at radius 3 is 2.39 bits per heavy atom. The fourth-order valence-electron chi connectivity index (χ4n) is 2.95. The topological polar surface area (TPSA) is 35.9 Å². The molecule has 0 atom stereocenters. The molecule has 0 spiro atoms. The molecule has 0 saturated carbocycles. The molecule has 4 rings (SSSR count). The van der Waals surface area contributed by atoms with Crippen LogP contribution < -0.4 is 0 Å². The van der Waals surface area contributed by atoms with Crippen LogP contribution in [0.3, 0.4) is 0 Å². The van der Waals surface area contributed by atoms with E-state index in [0.29, 0.717) is 0 Å². The number of hydrogen-bond donors (Lipinski definition) is 0. The maximum atomic E-state index is 10.9. The van der Waals surface area contributed by atoms with E-state index in [-0.39, 0.29) is 0 Å². The van der Waals surface area contributed by atoms with Gasteiger partial charge >= 0.3 is 0 Å². The highest BCUT2D eigenvalue weighted by Gasteiger charge is 2.24. The second kappa shape index (κ2) is 6.08. The van der Waals surface area contributed by atoms with Crippen LogP contribution in [0.5, 0.6) is 0 Å². The molecule has 2 aliphatic rings. The minimum absolute atomic E-state index is 0.749. The van der Waals surface area contributed by atoms with E-state index in [2.05, 4.69) is 47.4 Å². The van der Waals surface area contributed by atoms with Crippen LogP contribution in [0.2, 0.25) is 0 Å². The highest BCUT2D eigenvalue weighted by atomic mass is 32.2. The van der Waals surface area contributed by atoms with Gasteiger partial charge in [-0.05, 0) is 18.2 Å². The molecule has 1 saturated heterocycles. The number of benzene rings is 2. The number of amides is 1. The number of aliphatic imine (C=N–C) groups is 1. The third-order valence-corrected chi connectivity index (χ3v) is 5.34. The van der Waals surface area contributed by atoms with Crippen molar-refractivity contribution in [1.82, 2.24) is 9.80 Å². The number of rotatable bonds is 1. The van der Waals surface area contributed by atoms with Gasteiger partial charge in [-0.25, -0.2) is 4.99 Å². The zero-order chi connectivity index (χ0) is 15.6. The number of carbonyl (C=O) groups is 1. The SMILES string of the molecule is O=CN1CCN(C2=Nc3ccccc3Sc3ccccc32)CC1. The first-order chi connectivity index (χ1) is 11.3. The molecule has 1 fully saturated rings. The van der Waals surface area contributed by atoms with Crippen molar-refractivity contribution in [2.45, 2.75) is 9.79 Å². The number of carbonyl (C=O) groups excluding carboxylic acids is 1.